The number of nitriles is 1. The molecule has 0 heterocycles. The monoisotopic (exact) mass is 388 g/mol. The SMILES string of the molecule is CCOc1cc(C#N)ccc1Oc1ccc(C(=O)c2ccccc2)cc1[N+](=O)[O-]. The van der Waals surface area contributed by atoms with Crippen LogP contribution in [0.2, 0.25) is 0 Å². The maximum atomic E-state index is 12.6. The van der Waals surface area contributed by atoms with Crippen molar-refractivity contribution in [2.45, 2.75) is 6.92 Å². The summed E-state index contributed by atoms with van der Waals surface area (Å²) in [5.74, 6) is 0.167. The Kier molecular flexibility index (Phi) is 5.85. The Morgan fingerprint density at radius 2 is 1.72 bits per heavy atom. The zero-order valence-corrected chi connectivity index (χ0v) is 15.5. The Hall–Kier alpha value is -4.18. The summed E-state index contributed by atoms with van der Waals surface area (Å²) in [6.45, 7) is 2.10. The molecule has 0 bridgehead atoms. The van der Waals surface area contributed by atoms with Crippen molar-refractivity contribution in [3.05, 3.63) is 93.5 Å². The topological polar surface area (TPSA) is 102 Å². The van der Waals surface area contributed by atoms with Gasteiger partial charge in [0.15, 0.2) is 17.3 Å². The van der Waals surface area contributed by atoms with E-state index in [1.165, 1.54) is 36.4 Å². The fourth-order valence-electron chi connectivity index (χ4n) is 2.69. The van der Waals surface area contributed by atoms with Gasteiger partial charge in [-0.15, -0.1) is 0 Å². The van der Waals surface area contributed by atoms with Crippen molar-refractivity contribution < 1.29 is 19.2 Å². The predicted molar refractivity (Wildman–Crippen MR) is 105 cm³/mol. The first-order chi connectivity index (χ1) is 14.0. The molecule has 0 saturated heterocycles. The summed E-state index contributed by atoms with van der Waals surface area (Å²) >= 11 is 0. The van der Waals surface area contributed by atoms with E-state index in [1.54, 1.807) is 37.3 Å². The zero-order chi connectivity index (χ0) is 20.8. The molecule has 144 valence electrons. The molecular weight excluding hydrogens is 372 g/mol. The van der Waals surface area contributed by atoms with Crippen molar-refractivity contribution in [1.29, 1.82) is 5.26 Å². The van der Waals surface area contributed by atoms with Crippen LogP contribution in [0.3, 0.4) is 0 Å². The lowest BCUT2D eigenvalue weighted by molar-refractivity contribution is -0.385. The fraction of sp³-hybridized carbons (Fsp3) is 0.0909. The summed E-state index contributed by atoms with van der Waals surface area (Å²) in [5.41, 5.74) is 0.638. The first-order valence-electron chi connectivity index (χ1n) is 8.76. The molecule has 7 nitrogen and oxygen atoms in total. The van der Waals surface area contributed by atoms with Gasteiger partial charge in [0.2, 0.25) is 5.75 Å². The van der Waals surface area contributed by atoms with Gasteiger partial charge in [-0.1, -0.05) is 30.3 Å². The molecule has 3 aromatic rings. The molecule has 0 atom stereocenters. The molecule has 29 heavy (non-hydrogen) atoms. The number of nitro benzene ring substituents is 1. The number of benzene rings is 3. The average molecular weight is 388 g/mol. The average Bonchev–Trinajstić information content (AvgIpc) is 2.75. The van der Waals surface area contributed by atoms with Gasteiger partial charge in [-0.05, 0) is 31.2 Å². The molecule has 3 rings (SSSR count). The van der Waals surface area contributed by atoms with Gasteiger partial charge in [0, 0.05) is 23.3 Å². The molecule has 0 aliphatic carbocycles. The first kappa shape index (κ1) is 19.6. The van der Waals surface area contributed by atoms with E-state index in [-0.39, 0.29) is 28.5 Å². The van der Waals surface area contributed by atoms with Gasteiger partial charge in [-0.25, -0.2) is 0 Å². The van der Waals surface area contributed by atoms with Gasteiger partial charge in [0.1, 0.15) is 0 Å². The molecule has 3 aromatic carbocycles. The van der Waals surface area contributed by atoms with Crippen molar-refractivity contribution in [1.82, 2.24) is 0 Å². The molecule has 0 saturated carbocycles. The number of nitrogens with zero attached hydrogens (tertiary/aromatic N) is 2. The minimum Gasteiger partial charge on any atom is -0.490 e. The lowest BCUT2D eigenvalue weighted by Gasteiger charge is -2.12. The van der Waals surface area contributed by atoms with Crippen LogP contribution in [0.4, 0.5) is 5.69 Å². The minimum atomic E-state index is -0.610. The highest BCUT2D eigenvalue weighted by Gasteiger charge is 2.21. The quantitative estimate of drug-likeness (QED) is 0.324. The number of rotatable bonds is 7. The van der Waals surface area contributed by atoms with Crippen molar-refractivity contribution >= 4 is 11.5 Å². The molecule has 7 heteroatoms. The van der Waals surface area contributed by atoms with E-state index in [2.05, 4.69) is 0 Å². The van der Waals surface area contributed by atoms with E-state index in [4.69, 9.17) is 14.7 Å². The van der Waals surface area contributed by atoms with Crippen LogP contribution in [0, 0.1) is 21.4 Å². The minimum absolute atomic E-state index is 0.0368. The Bertz CT molecular complexity index is 1100. The molecule has 0 N–H and O–H groups in total. The van der Waals surface area contributed by atoms with E-state index >= 15 is 0 Å². The van der Waals surface area contributed by atoms with Crippen LogP contribution in [-0.2, 0) is 0 Å². The number of ketones is 1. The number of hydrogen-bond acceptors (Lipinski definition) is 6. The second kappa shape index (κ2) is 8.67. The van der Waals surface area contributed by atoms with Gasteiger partial charge in [0.05, 0.1) is 23.2 Å². The van der Waals surface area contributed by atoms with Crippen LogP contribution in [-0.4, -0.2) is 17.3 Å². The molecule has 0 amide bonds. The summed E-state index contributed by atoms with van der Waals surface area (Å²) in [6, 6.07) is 19.1. The van der Waals surface area contributed by atoms with E-state index in [0.717, 1.165) is 0 Å². The summed E-state index contributed by atoms with van der Waals surface area (Å²) < 4.78 is 11.2. The lowest BCUT2D eigenvalue weighted by Crippen LogP contribution is -2.03. The molecule has 0 spiro atoms. The maximum Gasteiger partial charge on any atom is 0.312 e. The Morgan fingerprint density at radius 1 is 1.00 bits per heavy atom. The maximum absolute atomic E-state index is 12.6. The molecule has 0 aliphatic heterocycles. The van der Waals surface area contributed by atoms with Crippen LogP contribution >= 0.6 is 0 Å². The number of hydrogen-bond donors (Lipinski definition) is 0. The van der Waals surface area contributed by atoms with E-state index in [0.29, 0.717) is 23.5 Å². The Labute approximate surface area is 166 Å². The summed E-state index contributed by atoms with van der Waals surface area (Å²) in [7, 11) is 0. The number of carbonyl (C=O) groups is 1. The third-order valence-corrected chi connectivity index (χ3v) is 4.05. The van der Waals surface area contributed by atoms with Crippen molar-refractivity contribution in [3.63, 3.8) is 0 Å². The molecular formula is C22H16N2O5. The van der Waals surface area contributed by atoms with Crippen LogP contribution in [0.1, 0.15) is 28.4 Å². The third kappa shape index (κ3) is 4.39. The summed E-state index contributed by atoms with van der Waals surface area (Å²) in [5, 5.41) is 20.6. The highest BCUT2D eigenvalue weighted by atomic mass is 16.6. The number of nitro groups is 1. The summed E-state index contributed by atoms with van der Waals surface area (Å²) in [4.78, 5) is 23.6. The van der Waals surface area contributed by atoms with Crippen LogP contribution in [0.15, 0.2) is 66.7 Å². The fourth-order valence-corrected chi connectivity index (χ4v) is 2.69. The Morgan fingerprint density at radius 3 is 2.38 bits per heavy atom. The standard InChI is InChI=1S/C22H16N2O5/c1-2-28-21-12-15(14-23)8-10-20(21)29-19-11-9-17(13-18(19)24(26)27)22(25)16-6-4-3-5-7-16/h3-13H,2H2,1H3. The zero-order valence-electron chi connectivity index (χ0n) is 15.5. The van der Waals surface area contributed by atoms with Crippen LogP contribution < -0.4 is 9.47 Å². The van der Waals surface area contributed by atoms with Gasteiger partial charge in [0.25, 0.3) is 0 Å². The number of ether oxygens (including phenoxy) is 2. The Balaban J connectivity index is 1.98. The lowest BCUT2D eigenvalue weighted by atomic mass is 10.0. The highest BCUT2D eigenvalue weighted by molar-refractivity contribution is 6.09. The van der Waals surface area contributed by atoms with Crippen LogP contribution in [0.5, 0.6) is 17.2 Å². The van der Waals surface area contributed by atoms with Gasteiger partial charge >= 0.3 is 5.69 Å². The largest absolute Gasteiger partial charge is 0.490 e. The van der Waals surface area contributed by atoms with Gasteiger partial charge < -0.3 is 9.47 Å². The van der Waals surface area contributed by atoms with Crippen LogP contribution in [0.25, 0.3) is 0 Å². The number of carbonyl (C=O) groups excluding carboxylic acids is 1. The van der Waals surface area contributed by atoms with Gasteiger partial charge in [-0.3, -0.25) is 14.9 Å². The van der Waals surface area contributed by atoms with E-state index < -0.39 is 4.92 Å². The van der Waals surface area contributed by atoms with Crippen molar-refractivity contribution in [3.8, 4) is 23.3 Å². The van der Waals surface area contributed by atoms with E-state index in [1.807, 2.05) is 6.07 Å². The molecule has 0 aromatic heterocycles. The second-order valence-electron chi connectivity index (χ2n) is 5.94. The third-order valence-electron chi connectivity index (χ3n) is 4.05. The smallest absolute Gasteiger partial charge is 0.312 e. The summed E-state index contributed by atoms with van der Waals surface area (Å²) in [6.07, 6.45) is 0. The normalized spacial score (nSPS) is 10.1. The van der Waals surface area contributed by atoms with E-state index in [9.17, 15) is 14.9 Å². The van der Waals surface area contributed by atoms with Gasteiger partial charge in [-0.2, -0.15) is 5.26 Å². The van der Waals surface area contributed by atoms with Crippen molar-refractivity contribution in [2.75, 3.05) is 6.61 Å². The highest BCUT2D eigenvalue weighted by Crippen LogP contribution is 2.37. The molecule has 0 radical (unpaired) electrons. The second-order valence-corrected chi connectivity index (χ2v) is 5.94. The predicted octanol–water partition coefficient (Wildman–Crippen LogP) is 4.89. The molecule has 0 fully saturated rings. The molecule has 0 unspecified atom stereocenters. The molecule has 0 aliphatic rings. The first-order valence-corrected chi connectivity index (χ1v) is 8.76. The van der Waals surface area contributed by atoms with Crippen molar-refractivity contribution in [2.24, 2.45) is 0 Å².